The number of fused-ring (bicyclic) bond motifs is 6. The third-order valence-corrected chi connectivity index (χ3v) is 5.53. The minimum atomic E-state index is -0.403. The van der Waals surface area contributed by atoms with E-state index in [1.54, 1.807) is 0 Å². The molecule has 4 bridgehead atoms. The van der Waals surface area contributed by atoms with Gasteiger partial charge in [0.15, 0.2) is 5.78 Å². The molecule has 1 aliphatic carbocycles. The van der Waals surface area contributed by atoms with E-state index in [1.165, 1.54) is 5.56 Å². The summed E-state index contributed by atoms with van der Waals surface area (Å²) in [4.78, 5) is 13.0. The SMILES string of the molecule is C[C@@]12C(=O)[C@@](C)(C[C@H]1c1ccccc1)[C@@H]1C=C[C@H]2O1. The number of Topliss-reactive ketones (excluding diaryl/α,β-unsaturated/α-hetero) is 1. The van der Waals surface area contributed by atoms with Crippen molar-refractivity contribution in [2.24, 2.45) is 10.8 Å². The van der Waals surface area contributed by atoms with Gasteiger partial charge >= 0.3 is 0 Å². The summed E-state index contributed by atoms with van der Waals surface area (Å²) in [5.41, 5.74) is 0.518. The van der Waals surface area contributed by atoms with Gasteiger partial charge < -0.3 is 4.74 Å². The van der Waals surface area contributed by atoms with Crippen molar-refractivity contribution in [1.82, 2.24) is 0 Å². The van der Waals surface area contributed by atoms with Gasteiger partial charge in [-0.2, -0.15) is 0 Å². The predicted molar refractivity (Wildman–Crippen MR) is 72.8 cm³/mol. The van der Waals surface area contributed by atoms with Gasteiger partial charge in [0.2, 0.25) is 0 Å². The van der Waals surface area contributed by atoms with Crippen LogP contribution in [0.25, 0.3) is 0 Å². The molecule has 19 heavy (non-hydrogen) atoms. The average Bonchev–Trinajstić information content (AvgIpc) is 2.95. The first-order valence-corrected chi connectivity index (χ1v) is 7.00. The maximum Gasteiger partial charge on any atom is 0.151 e. The number of ether oxygens (including phenoxy) is 1. The second-order valence-corrected chi connectivity index (χ2v) is 6.56. The second-order valence-electron chi connectivity index (χ2n) is 6.56. The molecule has 1 aromatic rings. The van der Waals surface area contributed by atoms with Crippen LogP contribution in [-0.2, 0) is 9.53 Å². The Hall–Kier alpha value is -1.41. The van der Waals surface area contributed by atoms with Crippen molar-refractivity contribution >= 4 is 5.78 Å². The molecule has 2 aliphatic heterocycles. The largest absolute Gasteiger partial charge is 0.365 e. The van der Waals surface area contributed by atoms with Crippen LogP contribution in [-0.4, -0.2) is 18.0 Å². The van der Waals surface area contributed by atoms with E-state index in [2.05, 4.69) is 50.3 Å². The summed E-state index contributed by atoms with van der Waals surface area (Å²) in [6, 6.07) is 10.4. The molecule has 1 saturated heterocycles. The van der Waals surface area contributed by atoms with Gasteiger partial charge in [0.1, 0.15) is 0 Å². The highest BCUT2D eigenvalue weighted by molar-refractivity contribution is 5.96. The zero-order valence-corrected chi connectivity index (χ0v) is 11.3. The average molecular weight is 254 g/mol. The van der Waals surface area contributed by atoms with Gasteiger partial charge in [-0.1, -0.05) is 42.5 Å². The fourth-order valence-corrected chi connectivity index (χ4v) is 4.38. The normalized spacial score (nSPS) is 46.8. The van der Waals surface area contributed by atoms with Crippen LogP contribution in [0.2, 0.25) is 0 Å². The monoisotopic (exact) mass is 254 g/mol. The van der Waals surface area contributed by atoms with E-state index in [1.807, 2.05) is 6.07 Å². The van der Waals surface area contributed by atoms with Crippen LogP contribution in [0.1, 0.15) is 31.7 Å². The predicted octanol–water partition coefficient (Wildman–Crippen LogP) is 3.09. The number of hydrogen-bond acceptors (Lipinski definition) is 2. The minimum absolute atomic E-state index is 0.0215. The number of benzene rings is 1. The Bertz CT molecular complexity index is 576. The quantitative estimate of drug-likeness (QED) is 0.720. The molecule has 3 aliphatic rings. The summed E-state index contributed by atoms with van der Waals surface area (Å²) >= 11 is 0. The molecule has 2 heteroatoms. The zero-order chi connectivity index (χ0) is 13.3. The van der Waals surface area contributed by atoms with Crippen LogP contribution in [0.3, 0.4) is 0 Å². The maximum atomic E-state index is 13.0. The highest BCUT2D eigenvalue weighted by Crippen LogP contribution is 2.64. The molecule has 0 amide bonds. The molecule has 2 nitrogen and oxygen atoms in total. The molecule has 2 heterocycles. The zero-order valence-electron chi connectivity index (χ0n) is 11.3. The van der Waals surface area contributed by atoms with Crippen LogP contribution >= 0.6 is 0 Å². The van der Waals surface area contributed by atoms with Crippen LogP contribution in [0, 0.1) is 10.8 Å². The lowest BCUT2D eigenvalue weighted by Crippen LogP contribution is -2.51. The molecular formula is C17H18O2. The van der Waals surface area contributed by atoms with Gasteiger partial charge in [-0.15, -0.1) is 0 Å². The molecule has 2 fully saturated rings. The van der Waals surface area contributed by atoms with E-state index in [0.717, 1.165) is 6.42 Å². The Kier molecular flexibility index (Phi) is 2.03. The second kappa shape index (κ2) is 3.37. The Morgan fingerprint density at radius 3 is 2.53 bits per heavy atom. The van der Waals surface area contributed by atoms with Crippen molar-refractivity contribution in [2.45, 2.75) is 38.4 Å². The molecule has 0 radical (unpaired) electrons. The van der Waals surface area contributed by atoms with Crippen molar-refractivity contribution in [3.05, 3.63) is 48.0 Å². The lowest BCUT2D eigenvalue weighted by Gasteiger charge is -2.41. The molecule has 1 aromatic carbocycles. The number of ketones is 1. The lowest BCUT2D eigenvalue weighted by atomic mass is 9.70. The molecule has 1 saturated carbocycles. The summed E-state index contributed by atoms with van der Waals surface area (Å²) in [7, 11) is 0. The fraction of sp³-hybridized carbons (Fsp3) is 0.471. The molecule has 0 unspecified atom stereocenters. The summed E-state index contributed by atoms with van der Waals surface area (Å²) in [6.07, 6.45) is 5.02. The van der Waals surface area contributed by atoms with E-state index >= 15 is 0 Å². The topological polar surface area (TPSA) is 26.3 Å². The van der Waals surface area contributed by atoms with Crippen molar-refractivity contribution in [1.29, 1.82) is 0 Å². The van der Waals surface area contributed by atoms with E-state index in [4.69, 9.17) is 4.74 Å². The lowest BCUT2D eigenvalue weighted by molar-refractivity contribution is -0.159. The number of rotatable bonds is 1. The van der Waals surface area contributed by atoms with E-state index in [9.17, 15) is 4.79 Å². The molecule has 0 spiro atoms. The minimum Gasteiger partial charge on any atom is -0.365 e. The fourth-order valence-electron chi connectivity index (χ4n) is 4.38. The van der Waals surface area contributed by atoms with Gasteiger partial charge in [0.25, 0.3) is 0 Å². The Morgan fingerprint density at radius 1 is 1.11 bits per heavy atom. The third kappa shape index (κ3) is 1.19. The molecule has 4 rings (SSSR count). The first-order valence-electron chi connectivity index (χ1n) is 7.00. The summed E-state index contributed by atoms with van der Waals surface area (Å²) in [6.45, 7) is 4.17. The summed E-state index contributed by atoms with van der Waals surface area (Å²) < 4.78 is 6.08. The first-order chi connectivity index (χ1) is 9.07. The van der Waals surface area contributed by atoms with Crippen LogP contribution < -0.4 is 0 Å². The van der Waals surface area contributed by atoms with E-state index < -0.39 is 5.41 Å². The van der Waals surface area contributed by atoms with Crippen LogP contribution in [0.4, 0.5) is 0 Å². The molecular weight excluding hydrogens is 236 g/mol. The molecule has 0 N–H and O–H groups in total. The van der Waals surface area contributed by atoms with Gasteiger partial charge in [-0.25, -0.2) is 0 Å². The molecule has 98 valence electrons. The van der Waals surface area contributed by atoms with E-state index in [-0.39, 0.29) is 23.5 Å². The van der Waals surface area contributed by atoms with Gasteiger partial charge in [-0.3, -0.25) is 4.79 Å². The number of carbonyl (C=O) groups is 1. The standard InChI is InChI=1S/C17H18O2/c1-16-10-12(11-6-4-3-5-7-11)17(2,15(16)18)14-9-8-13(16)19-14/h3-9,12-14H,10H2,1-2H3/t12-,13-,14+,16-,17+/m0/s1. The van der Waals surface area contributed by atoms with Gasteiger partial charge in [0.05, 0.1) is 23.0 Å². The van der Waals surface area contributed by atoms with Crippen molar-refractivity contribution in [2.75, 3.05) is 0 Å². The summed E-state index contributed by atoms with van der Waals surface area (Å²) in [5.74, 6) is 0.659. The first kappa shape index (κ1) is 11.4. The molecule has 5 atom stereocenters. The van der Waals surface area contributed by atoms with Gasteiger partial charge in [-0.05, 0) is 25.8 Å². The van der Waals surface area contributed by atoms with E-state index in [0.29, 0.717) is 5.78 Å². The molecule has 0 aromatic heterocycles. The van der Waals surface area contributed by atoms with Crippen molar-refractivity contribution in [3.8, 4) is 0 Å². The number of hydrogen-bond donors (Lipinski definition) is 0. The van der Waals surface area contributed by atoms with Crippen molar-refractivity contribution in [3.63, 3.8) is 0 Å². The highest BCUT2D eigenvalue weighted by Gasteiger charge is 2.68. The highest BCUT2D eigenvalue weighted by atomic mass is 16.5. The summed E-state index contributed by atoms with van der Waals surface area (Å²) in [5, 5.41) is 0. The Balaban J connectivity index is 1.89. The van der Waals surface area contributed by atoms with Crippen molar-refractivity contribution < 1.29 is 9.53 Å². The smallest absolute Gasteiger partial charge is 0.151 e. The maximum absolute atomic E-state index is 13.0. The Labute approximate surface area is 113 Å². The number of carbonyl (C=O) groups excluding carboxylic acids is 1. The van der Waals surface area contributed by atoms with Crippen LogP contribution in [0.15, 0.2) is 42.5 Å². The van der Waals surface area contributed by atoms with Crippen LogP contribution in [0.5, 0.6) is 0 Å². The van der Waals surface area contributed by atoms with Gasteiger partial charge in [0, 0.05) is 5.92 Å². The third-order valence-electron chi connectivity index (χ3n) is 5.53. The Morgan fingerprint density at radius 2 is 1.79 bits per heavy atom.